The van der Waals surface area contributed by atoms with E-state index in [0.717, 1.165) is 6.07 Å². The molecule has 27 heavy (non-hydrogen) atoms. The monoisotopic (exact) mass is 373 g/mol. The summed E-state index contributed by atoms with van der Waals surface area (Å²) >= 11 is 0. The molecule has 0 spiro atoms. The van der Waals surface area contributed by atoms with Gasteiger partial charge in [0, 0.05) is 30.5 Å². The molecule has 0 atom stereocenters. The Morgan fingerprint density at radius 1 is 1.11 bits per heavy atom. The molecule has 0 bridgehead atoms. The molecule has 9 nitrogen and oxygen atoms in total. The molecule has 142 valence electrons. The van der Waals surface area contributed by atoms with Gasteiger partial charge in [-0.25, -0.2) is 0 Å². The van der Waals surface area contributed by atoms with Gasteiger partial charge >= 0.3 is 0 Å². The Labute approximate surface area is 155 Å². The average molecular weight is 373 g/mol. The minimum absolute atomic E-state index is 0.106. The van der Waals surface area contributed by atoms with Crippen LogP contribution < -0.4 is 15.4 Å². The Hall–Kier alpha value is -3.46. The second kappa shape index (κ2) is 9.88. The van der Waals surface area contributed by atoms with Crippen LogP contribution in [0.3, 0.4) is 0 Å². The Morgan fingerprint density at radius 2 is 1.85 bits per heavy atom. The lowest BCUT2D eigenvalue weighted by Gasteiger charge is -2.09. The van der Waals surface area contributed by atoms with Crippen LogP contribution in [0.5, 0.6) is 5.75 Å². The van der Waals surface area contributed by atoms with Gasteiger partial charge in [0.1, 0.15) is 12.4 Å². The molecule has 9 heteroatoms. The number of rotatable bonds is 9. The van der Waals surface area contributed by atoms with Crippen LogP contribution in [0.25, 0.3) is 0 Å². The molecule has 2 amide bonds. The lowest BCUT2D eigenvalue weighted by molar-refractivity contribution is -0.384. The number of nitrogens with zero attached hydrogens (tertiary/aromatic N) is 1. The maximum atomic E-state index is 12.0. The third-order valence-corrected chi connectivity index (χ3v) is 3.42. The number of carbonyl (C=O) groups is 2. The SMILES string of the molecule is COCCOc1ccc(NC(=O)CNC(=O)c2cccc([N+](=O)[O-])c2)cc1. The van der Waals surface area contributed by atoms with Gasteiger partial charge in [0.2, 0.25) is 5.91 Å². The average Bonchev–Trinajstić information content (AvgIpc) is 2.67. The zero-order valence-corrected chi connectivity index (χ0v) is 14.6. The molecule has 0 fully saturated rings. The molecule has 0 aliphatic carbocycles. The standard InChI is InChI=1S/C18H19N3O6/c1-26-9-10-27-16-7-5-14(6-8-16)20-17(22)12-19-18(23)13-3-2-4-15(11-13)21(24)25/h2-8,11H,9-10,12H2,1H3,(H,19,23)(H,20,22). The fraction of sp³-hybridized carbons (Fsp3) is 0.222. The van der Waals surface area contributed by atoms with Crippen LogP contribution >= 0.6 is 0 Å². The van der Waals surface area contributed by atoms with E-state index >= 15 is 0 Å². The number of carbonyl (C=O) groups excluding carboxylic acids is 2. The summed E-state index contributed by atoms with van der Waals surface area (Å²) in [6.45, 7) is 0.627. The molecule has 0 unspecified atom stereocenters. The first-order valence-corrected chi connectivity index (χ1v) is 8.04. The van der Waals surface area contributed by atoms with E-state index in [0.29, 0.717) is 24.7 Å². The van der Waals surface area contributed by atoms with E-state index in [1.165, 1.54) is 18.2 Å². The van der Waals surface area contributed by atoms with Crippen LogP contribution in [-0.2, 0) is 9.53 Å². The molecule has 0 aliphatic rings. The van der Waals surface area contributed by atoms with Crippen LogP contribution in [0.15, 0.2) is 48.5 Å². The number of ether oxygens (including phenoxy) is 2. The van der Waals surface area contributed by atoms with Crippen molar-refractivity contribution in [1.29, 1.82) is 0 Å². The normalized spacial score (nSPS) is 10.1. The second-order valence-corrected chi connectivity index (χ2v) is 5.40. The van der Waals surface area contributed by atoms with Crippen molar-refractivity contribution in [1.82, 2.24) is 5.32 Å². The fourth-order valence-corrected chi connectivity index (χ4v) is 2.11. The summed E-state index contributed by atoms with van der Waals surface area (Å²) in [7, 11) is 1.58. The first kappa shape index (κ1) is 19.9. The minimum Gasteiger partial charge on any atom is -0.491 e. The van der Waals surface area contributed by atoms with E-state index in [1.54, 1.807) is 31.4 Å². The van der Waals surface area contributed by atoms with E-state index in [4.69, 9.17) is 9.47 Å². The maximum absolute atomic E-state index is 12.0. The fourth-order valence-electron chi connectivity index (χ4n) is 2.11. The number of nitrogens with one attached hydrogen (secondary N) is 2. The van der Waals surface area contributed by atoms with Crippen molar-refractivity contribution in [3.8, 4) is 5.75 Å². The van der Waals surface area contributed by atoms with Gasteiger partial charge in [0.15, 0.2) is 0 Å². The van der Waals surface area contributed by atoms with E-state index in [1.807, 2.05) is 0 Å². The van der Waals surface area contributed by atoms with Crippen molar-refractivity contribution in [2.75, 3.05) is 32.2 Å². The largest absolute Gasteiger partial charge is 0.491 e. The summed E-state index contributed by atoms with van der Waals surface area (Å²) in [5, 5.41) is 15.8. The summed E-state index contributed by atoms with van der Waals surface area (Å²) in [4.78, 5) is 34.1. The Morgan fingerprint density at radius 3 is 2.52 bits per heavy atom. The van der Waals surface area contributed by atoms with E-state index in [-0.39, 0.29) is 17.8 Å². The molecule has 2 rings (SSSR count). The zero-order chi connectivity index (χ0) is 19.6. The van der Waals surface area contributed by atoms with Crippen molar-refractivity contribution < 1.29 is 24.0 Å². The molecule has 0 heterocycles. The minimum atomic E-state index is -0.591. The Bertz CT molecular complexity index is 807. The van der Waals surface area contributed by atoms with E-state index < -0.39 is 16.7 Å². The summed E-state index contributed by atoms with van der Waals surface area (Å²) < 4.78 is 10.3. The van der Waals surface area contributed by atoms with Gasteiger partial charge in [0.05, 0.1) is 18.1 Å². The number of benzene rings is 2. The summed E-state index contributed by atoms with van der Waals surface area (Å²) in [5.74, 6) is -0.360. The number of hydrogen-bond acceptors (Lipinski definition) is 6. The van der Waals surface area contributed by atoms with Gasteiger partial charge in [-0.05, 0) is 30.3 Å². The van der Waals surface area contributed by atoms with Crippen molar-refractivity contribution in [3.63, 3.8) is 0 Å². The predicted molar refractivity (Wildman–Crippen MR) is 97.9 cm³/mol. The number of methoxy groups -OCH3 is 1. The van der Waals surface area contributed by atoms with Crippen molar-refractivity contribution in [2.45, 2.75) is 0 Å². The highest BCUT2D eigenvalue weighted by molar-refractivity contribution is 5.99. The van der Waals surface area contributed by atoms with Gasteiger partial charge in [-0.3, -0.25) is 19.7 Å². The van der Waals surface area contributed by atoms with Crippen LogP contribution in [0.2, 0.25) is 0 Å². The molecule has 2 aromatic rings. The Balaban J connectivity index is 1.82. The zero-order valence-electron chi connectivity index (χ0n) is 14.6. The molecular weight excluding hydrogens is 354 g/mol. The van der Waals surface area contributed by atoms with Gasteiger partial charge in [-0.2, -0.15) is 0 Å². The van der Waals surface area contributed by atoms with Crippen molar-refractivity contribution in [3.05, 3.63) is 64.2 Å². The van der Waals surface area contributed by atoms with Crippen LogP contribution in [0.4, 0.5) is 11.4 Å². The van der Waals surface area contributed by atoms with E-state index in [2.05, 4.69) is 10.6 Å². The smallest absolute Gasteiger partial charge is 0.270 e. The number of non-ortho nitro benzene ring substituents is 1. The van der Waals surface area contributed by atoms with Gasteiger partial charge in [0.25, 0.3) is 11.6 Å². The molecule has 0 saturated carbocycles. The molecule has 0 aliphatic heterocycles. The van der Waals surface area contributed by atoms with Crippen LogP contribution in [0, 0.1) is 10.1 Å². The maximum Gasteiger partial charge on any atom is 0.270 e. The summed E-state index contributed by atoms with van der Waals surface area (Å²) in [5.41, 5.74) is 0.457. The first-order valence-electron chi connectivity index (χ1n) is 8.04. The lowest BCUT2D eigenvalue weighted by atomic mass is 10.2. The lowest BCUT2D eigenvalue weighted by Crippen LogP contribution is -2.32. The highest BCUT2D eigenvalue weighted by Crippen LogP contribution is 2.15. The quantitative estimate of drug-likeness (QED) is 0.394. The van der Waals surface area contributed by atoms with Crippen LogP contribution in [0.1, 0.15) is 10.4 Å². The molecule has 0 saturated heterocycles. The van der Waals surface area contributed by atoms with Crippen molar-refractivity contribution >= 4 is 23.2 Å². The topological polar surface area (TPSA) is 120 Å². The predicted octanol–water partition coefficient (Wildman–Crippen LogP) is 1.99. The molecular formula is C18H19N3O6. The second-order valence-electron chi connectivity index (χ2n) is 5.40. The Kier molecular flexibility index (Phi) is 7.26. The van der Waals surface area contributed by atoms with E-state index in [9.17, 15) is 19.7 Å². The highest BCUT2D eigenvalue weighted by atomic mass is 16.6. The number of amides is 2. The molecule has 2 N–H and O–H groups in total. The van der Waals surface area contributed by atoms with Crippen molar-refractivity contribution in [2.24, 2.45) is 0 Å². The third-order valence-electron chi connectivity index (χ3n) is 3.42. The summed E-state index contributed by atoms with van der Waals surface area (Å²) in [6, 6.07) is 12.0. The van der Waals surface area contributed by atoms with Gasteiger partial charge in [-0.1, -0.05) is 6.07 Å². The molecule has 0 radical (unpaired) electrons. The summed E-state index contributed by atoms with van der Waals surface area (Å²) in [6.07, 6.45) is 0. The molecule has 2 aromatic carbocycles. The number of nitro groups is 1. The van der Waals surface area contributed by atoms with Gasteiger partial charge in [-0.15, -0.1) is 0 Å². The number of anilines is 1. The molecule has 0 aromatic heterocycles. The third kappa shape index (κ3) is 6.40. The number of nitro benzene ring substituents is 1. The van der Waals surface area contributed by atoms with Gasteiger partial charge < -0.3 is 20.1 Å². The number of hydrogen-bond donors (Lipinski definition) is 2. The highest BCUT2D eigenvalue weighted by Gasteiger charge is 2.12. The van der Waals surface area contributed by atoms with Crippen LogP contribution in [-0.4, -0.2) is 43.6 Å². The first-order chi connectivity index (χ1) is 13.0.